The normalized spacial score (nSPS) is 14.1. The summed E-state index contributed by atoms with van der Waals surface area (Å²) in [6.45, 7) is 9.12. The van der Waals surface area contributed by atoms with E-state index in [0.717, 1.165) is 11.2 Å². The summed E-state index contributed by atoms with van der Waals surface area (Å²) < 4.78 is 0. The van der Waals surface area contributed by atoms with Gasteiger partial charge in [-0.25, -0.2) is 0 Å². The summed E-state index contributed by atoms with van der Waals surface area (Å²) in [5.74, 6) is 2.09. The highest BCUT2D eigenvalue weighted by Gasteiger charge is 2.16. The number of thioether (sulfide) groups is 1. The quantitative estimate of drug-likeness (QED) is 0.682. The minimum Gasteiger partial charge on any atom is -0.316 e. The Kier molecular flexibility index (Phi) is 7.87. The Hall–Kier alpha value is 0.310. The van der Waals surface area contributed by atoms with Gasteiger partial charge in [0.2, 0.25) is 0 Å². The largest absolute Gasteiger partial charge is 0.316 e. The monoisotopic (exact) mass is 203 g/mol. The van der Waals surface area contributed by atoms with Crippen molar-refractivity contribution in [1.82, 2.24) is 5.32 Å². The molecule has 1 unspecified atom stereocenters. The molecule has 0 fully saturated rings. The van der Waals surface area contributed by atoms with Crippen LogP contribution in [0, 0.1) is 5.92 Å². The smallest absolute Gasteiger partial charge is 0.0183 e. The molecule has 13 heavy (non-hydrogen) atoms. The van der Waals surface area contributed by atoms with E-state index in [0.29, 0.717) is 6.04 Å². The molecule has 0 heterocycles. The molecule has 0 aliphatic carbocycles. The van der Waals surface area contributed by atoms with Gasteiger partial charge in [-0.05, 0) is 18.2 Å². The fourth-order valence-corrected chi connectivity index (χ4v) is 2.64. The fourth-order valence-electron chi connectivity index (χ4n) is 1.61. The van der Waals surface area contributed by atoms with Crippen molar-refractivity contribution in [3.05, 3.63) is 0 Å². The summed E-state index contributed by atoms with van der Waals surface area (Å²) in [6.07, 6.45) is 2.58. The fraction of sp³-hybridized carbons (Fsp3) is 1.00. The van der Waals surface area contributed by atoms with E-state index in [1.165, 1.54) is 18.6 Å². The molecule has 0 bridgehead atoms. The van der Waals surface area contributed by atoms with E-state index in [1.807, 2.05) is 0 Å². The Labute approximate surface area is 88.1 Å². The van der Waals surface area contributed by atoms with Crippen LogP contribution < -0.4 is 5.32 Å². The molecular formula is C11H25NS. The van der Waals surface area contributed by atoms with Crippen LogP contribution >= 0.6 is 11.8 Å². The van der Waals surface area contributed by atoms with Crippen LogP contribution in [0.4, 0.5) is 0 Å². The Bertz CT molecular complexity index is 111. The number of hydrogen-bond donors (Lipinski definition) is 1. The van der Waals surface area contributed by atoms with Gasteiger partial charge in [0.1, 0.15) is 0 Å². The van der Waals surface area contributed by atoms with E-state index in [2.05, 4.69) is 51.8 Å². The molecule has 0 aromatic rings. The average Bonchev–Trinajstić information content (AvgIpc) is 2.11. The molecule has 0 rings (SSSR count). The molecule has 0 aliphatic rings. The van der Waals surface area contributed by atoms with Gasteiger partial charge in [-0.3, -0.25) is 0 Å². The lowest BCUT2D eigenvalue weighted by Gasteiger charge is -2.25. The molecule has 1 nitrogen and oxygen atoms in total. The van der Waals surface area contributed by atoms with E-state index in [-0.39, 0.29) is 0 Å². The molecule has 0 radical (unpaired) electrons. The Morgan fingerprint density at radius 3 is 2.00 bits per heavy atom. The van der Waals surface area contributed by atoms with Crippen LogP contribution in [0.3, 0.4) is 0 Å². The zero-order valence-electron chi connectivity index (χ0n) is 9.76. The van der Waals surface area contributed by atoms with Gasteiger partial charge in [-0.2, -0.15) is 11.8 Å². The van der Waals surface area contributed by atoms with Crippen molar-refractivity contribution in [3.63, 3.8) is 0 Å². The minimum atomic E-state index is 0.697. The van der Waals surface area contributed by atoms with Gasteiger partial charge in [-0.15, -0.1) is 0 Å². The van der Waals surface area contributed by atoms with Crippen LogP contribution in [-0.4, -0.2) is 24.1 Å². The number of hydrogen-bond acceptors (Lipinski definition) is 2. The number of rotatable bonds is 7. The first kappa shape index (κ1) is 13.3. The summed E-state index contributed by atoms with van der Waals surface area (Å²) in [5, 5.41) is 4.19. The third-order valence-electron chi connectivity index (χ3n) is 2.60. The average molecular weight is 203 g/mol. The lowest BCUT2D eigenvalue weighted by molar-refractivity contribution is 0.378. The molecule has 0 aromatic heterocycles. The van der Waals surface area contributed by atoms with Crippen LogP contribution in [0.15, 0.2) is 0 Å². The standard InChI is InChI=1S/C11H25NS/c1-6-10(7-2)11(12-5)8-13-9(3)4/h9-12H,6-8H2,1-5H3. The lowest BCUT2D eigenvalue weighted by Crippen LogP contribution is -2.35. The summed E-state index contributed by atoms with van der Waals surface area (Å²) >= 11 is 2.06. The summed E-state index contributed by atoms with van der Waals surface area (Å²) in [4.78, 5) is 0. The highest BCUT2D eigenvalue weighted by molar-refractivity contribution is 7.99. The molecule has 0 amide bonds. The van der Waals surface area contributed by atoms with Gasteiger partial charge in [0.15, 0.2) is 0 Å². The van der Waals surface area contributed by atoms with E-state index in [9.17, 15) is 0 Å². The topological polar surface area (TPSA) is 12.0 Å². The van der Waals surface area contributed by atoms with Gasteiger partial charge >= 0.3 is 0 Å². The predicted octanol–water partition coefficient (Wildman–Crippen LogP) is 3.15. The first-order valence-corrected chi connectivity index (χ1v) is 6.49. The van der Waals surface area contributed by atoms with Gasteiger partial charge in [0.25, 0.3) is 0 Å². The summed E-state index contributed by atoms with van der Waals surface area (Å²) in [6, 6.07) is 0.697. The second kappa shape index (κ2) is 7.69. The summed E-state index contributed by atoms with van der Waals surface area (Å²) in [5.41, 5.74) is 0. The van der Waals surface area contributed by atoms with E-state index in [1.54, 1.807) is 0 Å². The van der Waals surface area contributed by atoms with Crippen molar-refractivity contribution in [2.75, 3.05) is 12.8 Å². The predicted molar refractivity (Wildman–Crippen MR) is 64.5 cm³/mol. The molecule has 1 N–H and O–H groups in total. The van der Waals surface area contributed by atoms with E-state index < -0.39 is 0 Å². The van der Waals surface area contributed by atoms with Crippen molar-refractivity contribution in [1.29, 1.82) is 0 Å². The Morgan fingerprint density at radius 1 is 1.15 bits per heavy atom. The van der Waals surface area contributed by atoms with Gasteiger partial charge in [0, 0.05) is 11.8 Å². The lowest BCUT2D eigenvalue weighted by atomic mass is 9.96. The van der Waals surface area contributed by atoms with Crippen LogP contribution in [-0.2, 0) is 0 Å². The van der Waals surface area contributed by atoms with Gasteiger partial charge in [0.05, 0.1) is 0 Å². The third-order valence-corrected chi connectivity index (χ3v) is 3.82. The van der Waals surface area contributed by atoms with E-state index in [4.69, 9.17) is 0 Å². The zero-order chi connectivity index (χ0) is 10.3. The van der Waals surface area contributed by atoms with Crippen molar-refractivity contribution >= 4 is 11.8 Å². The Morgan fingerprint density at radius 2 is 1.69 bits per heavy atom. The third kappa shape index (κ3) is 5.58. The Balaban J connectivity index is 3.85. The zero-order valence-corrected chi connectivity index (χ0v) is 10.6. The maximum Gasteiger partial charge on any atom is 0.0183 e. The maximum atomic E-state index is 3.44. The first-order chi connectivity index (χ1) is 6.15. The molecule has 0 saturated carbocycles. The first-order valence-electron chi connectivity index (χ1n) is 5.44. The molecule has 1 atom stereocenters. The van der Waals surface area contributed by atoms with Crippen molar-refractivity contribution < 1.29 is 0 Å². The van der Waals surface area contributed by atoms with Crippen LogP contribution in [0.1, 0.15) is 40.5 Å². The molecule has 2 heteroatoms. The SMILES string of the molecule is CCC(CC)C(CSC(C)C)NC. The number of nitrogens with one attached hydrogen (secondary N) is 1. The summed E-state index contributed by atoms with van der Waals surface area (Å²) in [7, 11) is 2.09. The minimum absolute atomic E-state index is 0.697. The van der Waals surface area contributed by atoms with E-state index >= 15 is 0 Å². The molecule has 0 saturated heterocycles. The van der Waals surface area contributed by atoms with Crippen molar-refractivity contribution in [2.45, 2.75) is 51.8 Å². The molecule has 0 spiro atoms. The van der Waals surface area contributed by atoms with Crippen LogP contribution in [0.2, 0.25) is 0 Å². The van der Waals surface area contributed by atoms with Crippen molar-refractivity contribution in [3.8, 4) is 0 Å². The van der Waals surface area contributed by atoms with Gasteiger partial charge in [-0.1, -0.05) is 40.5 Å². The van der Waals surface area contributed by atoms with Crippen LogP contribution in [0.25, 0.3) is 0 Å². The highest BCUT2D eigenvalue weighted by atomic mass is 32.2. The maximum absolute atomic E-state index is 3.44. The molecular weight excluding hydrogens is 178 g/mol. The second-order valence-corrected chi connectivity index (χ2v) is 5.46. The van der Waals surface area contributed by atoms with Gasteiger partial charge < -0.3 is 5.32 Å². The van der Waals surface area contributed by atoms with Crippen LogP contribution in [0.5, 0.6) is 0 Å². The second-order valence-electron chi connectivity index (χ2n) is 3.85. The highest BCUT2D eigenvalue weighted by Crippen LogP contribution is 2.19. The molecule has 0 aromatic carbocycles. The molecule has 80 valence electrons. The molecule has 0 aliphatic heterocycles. The van der Waals surface area contributed by atoms with Crippen molar-refractivity contribution in [2.24, 2.45) is 5.92 Å².